The second-order valence-corrected chi connectivity index (χ2v) is 4.61. The number of amides is 1. The Kier molecular flexibility index (Phi) is 2.76. The first-order chi connectivity index (χ1) is 8.74. The molecule has 1 fully saturated rings. The van der Waals surface area contributed by atoms with Gasteiger partial charge in [-0.25, -0.2) is 4.98 Å². The van der Waals surface area contributed by atoms with Crippen LogP contribution in [0.1, 0.15) is 18.8 Å². The third kappa shape index (κ3) is 1.97. The summed E-state index contributed by atoms with van der Waals surface area (Å²) in [5.41, 5.74) is 2.00. The van der Waals surface area contributed by atoms with E-state index >= 15 is 0 Å². The monoisotopic (exact) mass is 244 g/mol. The molecular weight excluding hydrogens is 228 g/mol. The Bertz CT molecular complexity index is 544. The molecule has 1 aromatic heterocycles. The molecule has 1 unspecified atom stereocenters. The molecule has 0 bridgehead atoms. The average Bonchev–Trinajstić information content (AvgIpc) is 2.82. The lowest BCUT2D eigenvalue weighted by atomic mass is 10.2. The van der Waals surface area contributed by atoms with Gasteiger partial charge in [-0.3, -0.25) is 4.79 Å². The number of imidazole rings is 1. The zero-order chi connectivity index (χ0) is 12.5. The van der Waals surface area contributed by atoms with Crippen LogP contribution in [0.15, 0.2) is 24.3 Å². The summed E-state index contributed by atoms with van der Waals surface area (Å²) in [6.07, 6.45) is 0. The molecule has 1 aliphatic rings. The van der Waals surface area contributed by atoms with Crippen molar-refractivity contribution in [2.75, 3.05) is 19.6 Å². The predicted octanol–water partition coefficient (Wildman–Crippen LogP) is 1.06. The Labute approximate surface area is 105 Å². The van der Waals surface area contributed by atoms with Gasteiger partial charge < -0.3 is 15.2 Å². The highest BCUT2D eigenvalue weighted by Gasteiger charge is 2.24. The molecule has 2 N–H and O–H groups in total. The van der Waals surface area contributed by atoms with Gasteiger partial charge in [0.05, 0.1) is 17.1 Å². The first-order valence-electron chi connectivity index (χ1n) is 6.17. The van der Waals surface area contributed by atoms with Gasteiger partial charge in [-0.05, 0) is 12.1 Å². The van der Waals surface area contributed by atoms with E-state index in [4.69, 9.17) is 0 Å². The van der Waals surface area contributed by atoms with Gasteiger partial charge in [0.1, 0.15) is 5.82 Å². The highest BCUT2D eigenvalue weighted by Crippen LogP contribution is 2.18. The van der Waals surface area contributed by atoms with Crippen molar-refractivity contribution < 1.29 is 4.79 Å². The van der Waals surface area contributed by atoms with E-state index in [0.717, 1.165) is 29.9 Å². The highest BCUT2D eigenvalue weighted by atomic mass is 16.2. The normalized spacial score (nSPS) is 20.3. The minimum Gasteiger partial charge on any atom is -0.341 e. The molecule has 0 radical (unpaired) electrons. The summed E-state index contributed by atoms with van der Waals surface area (Å²) in [5.74, 6) is 1.03. The van der Waals surface area contributed by atoms with Crippen molar-refractivity contribution in [1.29, 1.82) is 0 Å². The number of aromatic nitrogens is 2. The number of benzene rings is 1. The fraction of sp³-hybridized carbons (Fsp3) is 0.385. The summed E-state index contributed by atoms with van der Waals surface area (Å²) < 4.78 is 0. The number of carbonyl (C=O) groups is 1. The summed E-state index contributed by atoms with van der Waals surface area (Å²) in [4.78, 5) is 21.2. The van der Waals surface area contributed by atoms with Crippen LogP contribution in [0.4, 0.5) is 0 Å². The summed E-state index contributed by atoms with van der Waals surface area (Å²) in [6, 6.07) is 8.05. The number of aromatic amines is 1. The number of nitrogens with zero attached hydrogens (tertiary/aromatic N) is 2. The largest absolute Gasteiger partial charge is 0.341 e. The molecule has 18 heavy (non-hydrogen) atoms. The van der Waals surface area contributed by atoms with Crippen molar-refractivity contribution in [3.05, 3.63) is 30.1 Å². The van der Waals surface area contributed by atoms with Crippen molar-refractivity contribution in [2.24, 2.45) is 0 Å². The number of piperazine rings is 1. The van der Waals surface area contributed by atoms with Gasteiger partial charge in [0, 0.05) is 26.6 Å². The lowest BCUT2D eigenvalue weighted by Crippen LogP contribution is -2.47. The minimum absolute atomic E-state index is 0.0926. The number of hydrogen-bond donors (Lipinski definition) is 2. The van der Waals surface area contributed by atoms with Crippen LogP contribution in [0.25, 0.3) is 11.0 Å². The van der Waals surface area contributed by atoms with Crippen LogP contribution in [0.5, 0.6) is 0 Å². The van der Waals surface area contributed by atoms with E-state index in [1.165, 1.54) is 0 Å². The van der Waals surface area contributed by atoms with E-state index < -0.39 is 0 Å². The second kappa shape index (κ2) is 4.42. The van der Waals surface area contributed by atoms with E-state index in [9.17, 15) is 4.79 Å². The van der Waals surface area contributed by atoms with Gasteiger partial charge >= 0.3 is 0 Å². The van der Waals surface area contributed by atoms with Crippen LogP contribution >= 0.6 is 0 Å². The molecule has 1 saturated heterocycles. The van der Waals surface area contributed by atoms with E-state index in [1.54, 1.807) is 6.92 Å². The summed E-state index contributed by atoms with van der Waals surface area (Å²) in [6.45, 7) is 3.86. The molecule has 0 spiro atoms. The topological polar surface area (TPSA) is 61.0 Å². The first kappa shape index (κ1) is 11.2. The number of nitrogens with one attached hydrogen (secondary N) is 2. The van der Waals surface area contributed by atoms with Crippen LogP contribution in [-0.4, -0.2) is 40.4 Å². The first-order valence-corrected chi connectivity index (χ1v) is 6.17. The van der Waals surface area contributed by atoms with Gasteiger partial charge in [-0.15, -0.1) is 0 Å². The van der Waals surface area contributed by atoms with Crippen molar-refractivity contribution in [3.8, 4) is 0 Å². The minimum atomic E-state index is 0.0926. The number of H-pyrrole nitrogens is 1. The van der Waals surface area contributed by atoms with Gasteiger partial charge in [0.2, 0.25) is 5.91 Å². The third-order valence-electron chi connectivity index (χ3n) is 3.36. The van der Waals surface area contributed by atoms with Crippen LogP contribution < -0.4 is 5.32 Å². The molecule has 94 valence electrons. The molecular formula is C13H16N4O. The molecule has 5 heteroatoms. The number of para-hydroxylation sites is 2. The van der Waals surface area contributed by atoms with Crippen LogP contribution in [0.2, 0.25) is 0 Å². The van der Waals surface area contributed by atoms with E-state index in [0.29, 0.717) is 6.54 Å². The third-order valence-corrected chi connectivity index (χ3v) is 3.36. The van der Waals surface area contributed by atoms with Gasteiger partial charge in [0.25, 0.3) is 0 Å². The zero-order valence-electron chi connectivity index (χ0n) is 10.3. The standard InChI is InChI=1S/C13H16N4O/c1-9(18)17-7-6-14-12(8-17)13-15-10-4-2-3-5-11(10)16-13/h2-5,12,14H,6-8H2,1H3,(H,15,16). The van der Waals surface area contributed by atoms with Crippen LogP contribution in [0.3, 0.4) is 0 Å². The number of rotatable bonds is 1. The van der Waals surface area contributed by atoms with Gasteiger partial charge in [-0.2, -0.15) is 0 Å². The lowest BCUT2D eigenvalue weighted by Gasteiger charge is -2.31. The molecule has 1 amide bonds. The summed E-state index contributed by atoms with van der Waals surface area (Å²) in [7, 11) is 0. The maximum atomic E-state index is 11.4. The molecule has 1 atom stereocenters. The lowest BCUT2D eigenvalue weighted by molar-refractivity contribution is -0.130. The fourth-order valence-electron chi connectivity index (χ4n) is 2.36. The Balaban J connectivity index is 1.87. The molecule has 5 nitrogen and oxygen atoms in total. The summed E-state index contributed by atoms with van der Waals surface area (Å²) >= 11 is 0. The van der Waals surface area contributed by atoms with Crippen LogP contribution in [-0.2, 0) is 4.79 Å². The summed E-state index contributed by atoms with van der Waals surface area (Å²) in [5, 5.41) is 3.39. The Morgan fingerprint density at radius 1 is 1.44 bits per heavy atom. The van der Waals surface area contributed by atoms with Crippen LogP contribution in [0, 0.1) is 0 Å². The highest BCUT2D eigenvalue weighted by molar-refractivity contribution is 5.75. The molecule has 3 rings (SSSR count). The number of fused-ring (bicyclic) bond motifs is 1. The molecule has 2 heterocycles. The van der Waals surface area contributed by atoms with Crippen molar-refractivity contribution in [2.45, 2.75) is 13.0 Å². The van der Waals surface area contributed by atoms with E-state index in [-0.39, 0.29) is 11.9 Å². The zero-order valence-corrected chi connectivity index (χ0v) is 10.3. The average molecular weight is 244 g/mol. The van der Waals surface area contributed by atoms with Crippen molar-refractivity contribution in [1.82, 2.24) is 20.2 Å². The Morgan fingerprint density at radius 3 is 3.06 bits per heavy atom. The Hall–Kier alpha value is -1.88. The SMILES string of the molecule is CC(=O)N1CCNC(c2nc3ccccc3[nH]2)C1. The van der Waals surface area contributed by atoms with Crippen molar-refractivity contribution >= 4 is 16.9 Å². The van der Waals surface area contributed by atoms with E-state index in [1.807, 2.05) is 29.2 Å². The van der Waals surface area contributed by atoms with E-state index in [2.05, 4.69) is 15.3 Å². The molecule has 1 aliphatic heterocycles. The maximum absolute atomic E-state index is 11.4. The van der Waals surface area contributed by atoms with Gasteiger partial charge in [-0.1, -0.05) is 12.1 Å². The fourth-order valence-corrected chi connectivity index (χ4v) is 2.36. The Morgan fingerprint density at radius 2 is 2.28 bits per heavy atom. The quantitative estimate of drug-likeness (QED) is 0.788. The van der Waals surface area contributed by atoms with Gasteiger partial charge in [0.15, 0.2) is 0 Å². The molecule has 0 aliphatic carbocycles. The number of carbonyl (C=O) groups excluding carboxylic acids is 1. The smallest absolute Gasteiger partial charge is 0.219 e. The number of hydrogen-bond acceptors (Lipinski definition) is 3. The predicted molar refractivity (Wildman–Crippen MR) is 69.1 cm³/mol. The molecule has 2 aromatic rings. The van der Waals surface area contributed by atoms with Crippen molar-refractivity contribution in [3.63, 3.8) is 0 Å². The molecule has 1 aromatic carbocycles. The molecule has 0 saturated carbocycles. The second-order valence-electron chi connectivity index (χ2n) is 4.61. The maximum Gasteiger partial charge on any atom is 0.219 e.